The predicted octanol–water partition coefficient (Wildman–Crippen LogP) is 2.55. The Balaban J connectivity index is 1.58. The van der Waals surface area contributed by atoms with Crippen molar-refractivity contribution in [2.75, 3.05) is 40.3 Å². The number of nitrogens with zero attached hydrogens (tertiary/aromatic N) is 2. The summed E-state index contributed by atoms with van der Waals surface area (Å²) in [6.07, 6.45) is 1.11. The lowest BCUT2D eigenvalue weighted by Crippen LogP contribution is -2.44. The molecule has 158 valence electrons. The van der Waals surface area contributed by atoms with Crippen LogP contribution in [0.1, 0.15) is 19.8 Å². The Morgan fingerprint density at radius 3 is 2.45 bits per heavy atom. The SMILES string of the molecule is CC(CNC(=O)C1CCN(S(=O)(=O)c2ccc3ccccc3c2)CC1)CN(C)C. The van der Waals surface area contributed by atoms with Crippen LogP contribution >= 0.6 is 0 Å². The van der Waals surface area contributed by atoms with E-state index in [4.69, 9.17) is 0 Å². The van der Waals surface area contributed by atoms with Gasteiger partial charge in [-0.05, 0) is 55.8 Å². The molecular weight excluding hydrogens is 386 g/mol. The molecule has 1 aliphatic heterocycles. The Labute approximate surface area is 173 Å². The molecule has 6 nitrogen and oxygen atoms in total. The van der Waals surface area contributed by atoms with Crippen molar-refractivity contribution in [2.45, 2.75) is 24.7 Å². The van der Waals surface area contributed by atoms with Crippen molar-refractivity contribution in [1.82, 2.24) is 14.5 Å². The molecule has 0 bridgehead atoms. The maximum atomic E-state index is 13.0. The minimum absolute atomic E-state index is 0.0401. The van der Waals surface area contributed by atoms with Gasteiger partial charge in [0.2, 0.25) is 15.9 Å². The van der Waals surface area contributed by atoms with Crippen LogP contribution < -0.4 is 5.32 Å². The summed E-state index contributed by atoms with van der Waals surface area (Å²) in [7, 11) is 0.490. The smallest absolute Gasteiger partial charge is 0.243 e. The van der Waals surface area contributed by atoms with Crippen molar-refractivity contribution >= 4 is 26.7 Å². The lowest BCUT2D eigenvalue weighted by molar-refractivity contribution is -0.126. The highest BCUT2D eigenvalue weighted by molar-refractivity contribution is 7.89. The maximum Gasteiger partial charge on any atom is 0.243 e. The number of benzene rings is 2. The fourth-order valence-electron chi connectivity index (χ4n) is 3.94. The predicted molar refractivity (Wildman–Crippen MR) is 116 cm³/mol. The van der Waals surface area contributed by atoms with Crippen LogP contribution in [0, 0.1) is 11.8 Å². The fourth-order valence-corrected chi connectivity index (χ4v) is 5.45. The lowest BCUT2D eigenvalue weighted by Gasteiger charge is -2.31. The standard InChI is InChI=1S/C22H31N3O3S/c1-17(16-24(2)3)15-23-22(26)19-10-12-25(13-11-19)29(27,28)21-9-8-18-6-4-5-7-20(18)14-21/h4-9,14,17,19H,10-13,15-16H2,1-3H3,(H,23,26). The number of hydrogen-bond donors (Lipinski definition) is 1. The molecule has 0 aromatic heterocycles. The van der Waals surface area contributed by atoms with E-state index >= 15 is 0 Å². The van der Waals surface area contributed by atoms with Crippen LogP contribution in [0.4, 0.5) is 0 Å². The van der Waals surface area contributed by atoms with Gasteiger partial charge in [-0.25, -0.2) is 8.42 Å². The average molecular weight is 418 g/mol. The molecule has 3 rings (SSSR count). The van der Waals surface area contributed by atoms with Gasteiger partial charge in [-0.2, -0.15) is 4.31 Å². The van der Waals surface area contributed by atoms with E-state index in [9.17, 15) is 13.2 Å². The quantitative estimate of drug-likeness (QED) is 0.752. The molecule has 1 heterocycles. The van der Waals surface area contributed by atoms with Crippen LogP contribution in [0.15, 0.2) is 47.4 Å². The Morgan fingerprint density at radius 2 is 1.79 bits per heavy atom. The van der Waals surface area contributed by atoms with Crippen molar-refractivity contribution in [3.63, 3.8) is 0 Å². The summed E-state index contributed by atoms with van der Waals surface area (Å²) in [4.78, 5) is 14.9. The highest BCUT2D eigenvalue weighted by atomic mass is 32.2. The summed E-state index contributed by atoms with van der Waals surface area (Å²) < 4.78 is 27.6. The first-order valence-corrected chi connectivity index (χ1v) is 11.6. The number of carbonyl (C=O) groups excluding carboxylic acids is 1. The molecule has 2 aromatic rings. The van der Waals surface area contributed by atoms with Gasteiger partial charge in [0.25, 0.3) is 0 Å². The third-order valence-corrected chi connectivity index (χ3v) is 7.38. The van der Waals surface area contributed by atoms with Crippen LogP contribution in [-0.2, 0) is 14.8 Å². The van der Waals surface area contributed by atoms with Crippen molar-refractivity contribution in [3.8, 4) is 0 Å². The Bertz CT molecular complexity index is 951. The van der Waals surface area contributed by atoms with Crippen molar-refractivity contribution in [3.05, 3.63) is 42.5 Å². The number of piperidine rings is 1. The summed E-state index contributed by atoms with van der Waals surface area (Å²) in [6.45, 7) is 4.43. The molecule has 1 amide bonds. The van der Waals surface area contributed by atoms with E-state index in [0.717, 1.165) is 17.3 Å². The number of amides is 1. The zero-order valence-corrected chi connectivity index (χ0v) is 18.3. The number of carbonyl (C=O) groups is 1. The van der Waals surface area contributed by atoms with Gasteiger partial charge >= 0.3 is 0 Å². The third kappa shape index (κ3) is 5.35. The van der Waals surface area contributed by atoms with Crippen molar-refractivity contribution < 1.29 is 13.2 Å². The van der Waals surface area contributed by atoms with Gasteiger partial charge in [0, 0.05) is 32.1 Å². The summed E-state index contributed by atoms with van der Waals surface area (Å²) in [5, 5.41) is 4.96. The Hall–Kier alpha value is -1.96. The summed E-state index contributed by atoms with van der Waals surface area (Å²) in [5.41, 5.74) is 0. The van der Waals surface area contributed by atoms with Crippen LogP contribution in [0.5, 0.6) is 0 Å². The fraction of sp³-hybridized carbons (Fsp3) is 0.500. The zero-order valence-electron chi connectivity index (χ0n) is 17.5. The van der Waals surface area contributed by atoms with E-state index in [-0.39, 0.29) is 11.8 Å². The summed E-state index contributed by atoms with van der Waals surface area (Å²) >= 11 is 0. The van der Waals surface area contributed by atoms with Gasteiger partial charge in [-0.15, -0.1) is 0 Å². The molecule has 1 saturated heterocycles. The molecule has 29 heavy (non-hydrogen) atoms. The molecule has 0 aliphatic carbocycles. The zero-order chi connectivity index (χ0) is 21.0. The number of rotatable bonds is 7. The second-order valence-corrected chi connectivity index (χ2v) is 10.2. The second-order valence-electron chi connectivity index (χ2n) is 8.30. The second kappa shape index (κ2) is 9.24. The Morgan fingerprint density at radius 1 is 1.14 bits per heavy atom. The normalized spacial score (nSPS) is 17.5. The first-order chi connectivity index (χ1) is 13.8. The van der Waals surface area contributed by atoms with Crippen LogP contribution in [0.2, 0.25) is 0 Å². The van der Waals surface area contributed by atoms with Crippen molar-refractivity contribution in [1.29, 1.82) is 0 Å². The molecule has 0 saturated carbocycles. The van der Waals surface area contributed by atoms with E-state index in [2.05, 4.69) is 17.1 Å². The molecule has 1 fully saturated rings. The van der Waals surface area contributed by atoms with Gasteiger partial charge in [0.15, 0.2) is 0 Å². The van der Waals surface area contributed by atoms with E-state index in [1.54, 1.807) is 12.1 Å². The van der Waals surface area contributed by atoms with Crippen LogP contribution in [-0.4, -0.2) is 63.8 Å². The van der Waals surface area contributed by atoms with Crippen LogP contribution in [0.3, 0.4) is 0 Å². The van der Waals surface area contributed by atoms with E-state index in [1.165, 1.54) is 4.31 Å². The highest BCUT2D eigenvalue weighted by Gasteiger charge is 2.32. The maximum absolute atomic E-state index is 13.0. The number of nitrogens with one attached hydrogen (secondary N) is 1. The first kappa shape index (κ1) is 21.7. The van der Waals surface area contributed by atoms with Crippen LogP contribution in [0.25, 0.3) is 10.8 Å². The first-order valence-electron chi connectivity index (χ1n) is 10.2. The minimum Gasteiger partial charge on any atom is -0.356 e. The minimum atomic E-state index is -3.55. The monoisotopic (exact) mass is 417 g/mol. The number of fused-ring (bicyclic) bond motifs is 1. The van der Waals surface area contributed by atoms with Gasteiger partial charge in [-0.3, -0.25) is 4.79 Å². The van der Waals surface area contributed by atoms with Gasteiger partial charge in [0.05, 0.1) is 4.90 Å². The molecule has 2 aromatic carbocycles. The molecule has 7 heteroatoms. The van der Waals surface area contributed by atoms with Gasteiger partial charge in [0.1, 0.15) is 0 Å². The number of hydrogen-bond acceptors (Lipinski definition) is 4. The van der Waals surface area contributed by atoms with E-state index in [1.807, 2.05) is 44.4 Å². The molecule has 0 radical (unpaired) electrons. The largest absolute Gasteiger partial charge is 0.356 e. The van der Waals surface area contributed by atoms with E-state index < -0.39 is 10.0 Å². The lowest BCUT2D eigenvalue weighted by atomic mass is 9.97. The molecule has 1 unspecified atom stereocenters. The average Bonchev–Trinajstić information content (AvgIpc) is 2.71. The molecular formula is C22H31N3O3S. The summed E-state index contributed by atoms with van der Waals surface area (Å²) in [6, 6.07) is 13.0. The molecule has 0 spiro atoms. The highest BCUT2D eigenvalue weighted by Crippen LogP contribution is 2.26. The van der Waals surface area contributed by atoms with Gasteiger partial charge in [-0.1, -0.05) is 37.3 Å². The molecule has 1 aliphatic rings. The number of sulfonamides is 1. The molecule has 1 N–H and O–H groups in total. The molecule has 1 atom stereocenters. The third-order valence-electron chi connectivity index (χ3n) is 5.48. The van der Waals surface area contributed by atoms with Gasteiger partial charge < -0.3 is 10.2 Å². The Kier molecular flexibility index (Phi) is 6.93. The topological polar surface area (TPSA) is 69.7 Å². The van der Waals surface area contributed by atoms with Crippen molar-refractivity contribution in [2.24, 2.45) is 11.8 Å². The van der Waals surface area contributed by atoms with E-state index in [0.29, 0.717) is 43.3 Å². The summed E-state index contributed by atoms with van der Waals surface area (Å²) in [5.74, 6) is 0.297.